The number of hydrogen-bond acceptors (Lipinski definition) is 9. The zero-order chi connectivity index (χ0) is 21.8. The first-order chi connectivity index (χ1) is 15.0. The van der Waals surface area contributed by atoms with E-state index in [-0.39, 0.29) is 13.2 Å². The zero-order valence-electron chi connectivity index (χ0n) is 17.2. The zero-order valence-corrected chi connectivity index (χ0v) is 18.0. The van der Waals surface area contributed by atoms with Gasteiger partial charge in [0.2, 0.25) is 0 Å². The molecule has 4 aromatic rings. The maximum Gasteiger partial charge on any atom is 0.338 e. The maximum absolute atomic E-state index is 12.5. The Morgan fingerprint density at radius 3 is 2.74 bits per heavy atom. The number of rotatable bonds is 8. The third-order valence-electron chi connectivity index (χ3n) is 4.59. The molecular weight excluding hydrogens is 420 g/mol. The van der Waals surface area contributed by atoms with Crippen LogP contribution >= 0.6 is 11.3 Å². The summed E-state index contributed by atoms with van der Waals surface area (Å²) in [6.07, 6.45) is 1.59. The molecule has 0 atom stereocenters. The van der Waals surface area contributed by atoms with Crippen molar-refractivity contribution in [3.8, 4) is 22.3 Å². The molecule has 3 heterocycles. The molecule has 0 saturated heterocycles. The van der Waals surface area contributed by atoms with Gasteiger partial charge < -0.3 is 23.2 Å². The normalized spacial score (nSPS) is 10.8. The quantitative estimate of drug-likeness (QED) is 0.355. The lowest BCUT2D eigenvalue weighted by Gasteiger charge is -2.12. The minimum atomic E-state index is -0.483. The molecular formula is C22H20N2O6S. The topological polar surface area (TPSA) is 96.8 Å². The van der Waals surface area contributed by atoms with Gasteiger partial charge in [-0.05, 0) is 44.2 Å². The summed E-state index contributed by atoms with van der Waals surface area (Å²) in [5.74, 6) is 1.83. The third kappa shape index (κ3) is 4.61. The highest BCUT2D eigenvalue weighted by molar-refractivity contribution is 7.13. The number of furan rings is 1. The summed E-state index contributed by atoms with van der Waals surface area (Å²) in [7, 11) is 1.51. The minimum Gasteiger partial charge on any atom is -0.493 e. The summed E-state index contributed by atoms with van der Waals surface area (Å²) in [4.78, 5) is 16.9. The summed E-state index contributed by atoms with van der Waals surface area (Å²) in [5, 5.41) is 6.48. The molecule has 0 fully saturated rings. The lowest BCUT2D eigenvalue weighted by molar-refractivity contribution is 0.0468. The predicted octanol–water partition coefficient (Wildman–Crippen LogP) is 4.95. The summed E-state index contributed by atoms with van der Waals surface area (Å²) in [6.45, 7) is 4.02. The number of methoxy groups -OCH3 is 1. The van der Waals surface area contributed by atoms with Crippen LogP contribution in [0.3, 0.4) is 0 Å². The van der Waals surface area contributed by atoms with Gasteiger partial charge in [0, 0.05) is 5.38 Å². The van der Waals surface area contributed by atoms with E-state index in [2.05, 4.69) is 10.1 Å². The van der Waals surface area contributed by atoms with Crippen LogP contribution in [-0.2, 0) is 18.0 Å². The van der Waals surface area contributed by atoms with E-state index in [1.54, 1.807) is 30.5 Å². The number of carbonyl (C=O) groups excluding carboxylic acids is 1. The molecule has 0 amide bonds. The Labute approximate surface area is 182 Å². The van der Waals surface area contributed by atoms with Crippen LogP contribution in [-0.4, -0.2) is 23.2 Å². The van der Waals surface area contributed by atoms with Crippen LogP contribution in [0.4, 0.5) is 0 Å². The molecule has 3 aromatic heterocycles. The van der Waals surface area contributed by atoms with Crippen molar-refractivity contribution < 1.29 is 27.9 Å². The first-order valence-corrected chi connectivity index (χ1v) is 10.3. The fourth-order valence-corrected chi connectivity index (χ4v) is 3.65. The van der Waals surface area contributed by atoms with Crippen molar-refractivity contribution in [3.63, 3.8) is 0 Å². The van der Waals surface area contributed by atoms with Gasteiger partial charge in [0.05, 0.1) is 35.9 Å². The van der Waals surface area contributed by atoms with Crippen molar-refractivity contribution in [1.82, 2.24) is 10.1 Å². The molecule has 0 aliphatic carbocycles. The second-order valence-electron chi connectivity index (χ2n) is 6.65. The van der Waals surface area contributed by atoms with Crippen LogP contribution in [0.5, 0.6) is 11.5 Å². The summed E-state index contributed by atoms with van der Waals surface area (Å²) in [5.41, 5.74) is 2.65. The van der Waals surface area contributed by atoms with Gasteiger partial charge in [-0.25, -0.2) is 9.78 Å². The van der Waals surface area contributed by atoms with Crippen molar-refractivity contribution in [2.75, 3.05) is 7.11 Å². The van der Waals surface area contributed by atoms with Gasteiger partial charge >= 0.3 is 5.97 Å². The number of nitrogens with zero attached hydrogens (tertiary/aromatic N) is 2. The van der Waals surface area contributed by atoms with Crippen molar-refractivity contribution in [2.24, 2.45) is 0 Å². The third-order valence-corrected chi connectivity index (χ3v) is 5.49. The van der Waals surface area contributed by atoms with Gasteiger partial charge in [-0.1, -0.05) is 5.16 Å². The number of hydrogen-bond donors (Lipinski definition) is 0. The molecule has 31 heavy (non-hydrogen) atoms. The van der Waals surface area contributed by atoms with E-state index in [0.29, 0.717) is 34.3 Å². The molecule has 160 valence electrons. The Morgan fingerprint density at radius 1 is 1.16 bits per heavy atom. The molecule has 9 heteroatoms. The standard InChI is InChI=1S/C22H20N2O6S/c1-13-17(14(2)30-24-13)11-28-18-7-6-15(9-20(18)26-3)22(25)29-10-16-12-31-21(23-16)19-5-4-8-27-19/h4-9,12H,10-11H2,1-3H3. The fourth-order valence-electron chi connectivity index (χ4n) is 2.88. The molecule has 0 unspecified atom stereocenters. The lowest BCUT2D eigenvalue weighted by Crippen LogP contribution is -2.06. The van der Waals surface area contributed by atoms with E-state index in [0.717, 1.165) is 16.3 Å². The molecule has 0 spiro atoms. The van der Waals surface area contributed by atoms with Crippen molar-refractivity contribution in [2.45, 2.75) is 27.1 Å². The first-order valence-electron chi connectivity index (χ1n) is 9.43. The number of thiazole rings is 1. The highest BCUT2D eigenvalue weighted by Gasteiger charge is 2.16. The summed E-state index contributed by atoms with van der Waals surface area (Å²) >= 11 is 1.43. The maximum atomic E-state index is 12.5. The Morgan fingerprint density at radius 2 is 2.03 bits per heavy atom. The van der Waals surface area contributed by atoms with Crippen LogP contribution < -0.4 is 9.47 Å². The summed E-state index contributed by atoms with van der Waals surface area (Å²) < 4.78 is 27.1. The van der Waals surface area contributed by atoms with E-state index >= 15 is 0 Å². The van der Waals surface area contributed by atoms with Gasteiger partial charge in [-0.2, -0.15) is 0 Å². The number of benzene rings is 1. The van der Waals surface area contributed by atoms with E-state index in [9.17, 15) is 4.79 Å². The van der Waals surface area contributed by atoms with Gasteiger partial charge in [0.25, 0.3) is 0 Å². The van der Waals surface area contributed by atoms with Gasteiger partial charge in [0.1, 0.15) is 19.0 Å². The second kappa shape index (κ2) is 9.05. The van der Waals surface area contributed by atoms with Crippen molar-refractivity contribution in [1.29, 1.82) is 0 Å². The first kappa shape index (κ1) is 20.7. The average Bonchev–Trinajstić information content (AvgIpc) is 3.53. The van der Waals surface area contributed by atoms with E-state index < -0.39 is 5.97 Å². The lowest BCUT2D eigenvalue weighted by atomic mass is 10.2. The molecule has 0 aliphatic rings. The molecule has 0 bridgehead atoms. The number of aromatic nitrogens is 2. The highest BCUT2D eigenvalue weighted by Crippen LogP contribution is 2.30. The van der Waals surface area contributed by atoms with Gasteiger partial charge in [-0.3, -0.25) is 0 Å². The number of esters is 1. The fraction of sp³-hybridized carbons (Fsp3) is 0.227. The highest BCUT2D eigenvalue weighted by atomic mass is 32.1. The molecule has 4 rings (SSSR count). The molecule has 0 N–H and O–H groups in total. The molecule has 0 saturated carbocycles. The Bertz CT molecular complexity index is 1160. The molecule has 0 aliphatic heterocycles. The van der Waals surface area contributed by atoms with E-state index in [1.807, 2.05) is 25.3 Å². The molecule has 8 nitrogen and oxygen atoms in total. The Balaban J connectivity index is 1.39. The van der Waals surface area contributed by atoms with E-state index in [4.69, 9.17) is 23.2 Å². The van der Waals surface area contributed by atoms with E-state index in [1.165, 1.54) is 18.4 Å². The number of aryl methyl sites for hydroxylation is 2. The van der Waals surface area contributed by atoms with Gasteiger partial charge in [-0.15, -0.1) is 11.3 Å². The van der Waals surface area contributed by atoms with Crippen LogP contribution in [0.2, 0.25) is 0 Å². The molecule has 0 radical (unpaired) electrons. The van der Waals surface area contributed by atoms with Crippen LogP contribution in [0.15, 0.2) is 50.9 Å². The Hall–Kier alpha value is -3.59. The van der Waals surface area contributed by atoms with Gasteiger partial charge in [0.15, 0.2) is 22.3 Å². The average molecular weight is 440 g/mol. The largest absolute Gasteiger partial charge is 0.493 e. The molecule has 1 aromatic carbocycles. The minimum absolute atomic E-state index is 0.0582. The SMILES string of the molecule is COc1cc(C(=O)OCc2csc(-c3ccco3)n2)ccc1OCc1c(C)noc1C. The smallest absolute Gasteiger partial charge is 0.338 e. The Kier molecular flexibility index (Phi) is 6.03. The second-order valence-corrected chi connectivity index (χ2v) is 7.51. The van der Waals surface area contributed by atoms with Crippen LogP contribution in [0.1, 0.15) is 33.1 Å². The number of carbonyl (C=O) groups is 1. The summed E-state index contributed by atoms with van der Waals surface area (Å²) in [6, 6.07) is 8.51. The van der Waals surface area contributed by atoms with Crippen molar-refractivity contribution >= 4 is 17.3 Å². The predicted molar refractivity (Wildman–Crippen MR) is 112 cm³/mol. The monoisotopic (exact) mass is 440 g/mol. The van der Waals surface area contributed by atoms with Crippen LogP contribution in [0.25, 0.3) is 10.8 Å². The number of ether oxygens (including phenoxy) is 3. The van der Waals surface area contributed by atoms with Crippen LogP contribution in [0, 0.1) is 13.8 Å². The van der Waals surface area contributed by atoms with Crippen molar-refractivity contribution in [3.05, 3.63) is 70.3 Å².